The monoisotopic (exact) mass is 402 g/mol. The lowest BCUT2D eigenvalue weighted by atomic mass is 9.42. The van der Waals surface area contributed by atoms with Crippen LogP contribution in [0.3, 0.4) is 0 Å². The first-order valence-electron chi connectivity index (χ1n) is 5.85. The summed E-state index contributed by atoms with van der Waals surface area (Å²) in [6.45, 7) is 0. The second-order valence-corrected chi connectivity index (χ2v) is 5.83. The first kappa shape index (κ1) is 18.5. The minimum absolute atomic E-state index is 4.64. The van der Waals surface area contributed by atoms with E-state index in [1.165, 1.54) is 0 Å². The molecule has 25 heavy (non-hydrogen) atoms. The molecular formula is C10F14O. The topological polar surface area (TPSA) is 17.1 Å². The SMILES string of the molecule is O=C1C2(F)C(F)(F)C3(F)C(F)(F)C1(F)C(F)(F)C(F)(C2(F)F)C3(F)F. The molecule has 1 nitrogen and oxygen atoms in total. The van der Waals surface area contributed by atoms with Gasteiger partial charge in [0, 0.05) is 0 Å². The highest BCUT2D eigenvalue weighted by Crippen LogP contribution is 2.84. The van der Waals surface area contributed by atoms with Crippen molar-refractivity contribution in [1.29, 1.82) is 0 Å². The summed E-state index contributed by atoms with van der Waals surface area (Å²) in [7, 11) is 0. The summed E-state index contributed by atoms with van der Waals surface area (Å²) in [5.41, 5.74) is -29.2. The highest BCUT2D eigenvalue weighted by Gasteiger charge is 3.20. The van der Waals surface area contributed by atoms with E-state index in [0.717, 1.165) is 0 Å². The molecule has 0 saturated heterocycles. The number of hydrogen-bond donors (Lipinski definition) is 0. The van der Waals surface area contributed by atoms with Crippen molar-refractivity contribution in [2.45, 2.75) is 52.3 Å². The van der Waals surface area contributed by atoms with Crippen molar-refractivity contribution in [2.24, 2.45) is 0 Å². The molecule has 4 rings (SSSR count). The van der Waals surface area contributed by atoms with Crippen molar-refractivity contribution in [3.05, 3.63) is 0 Å². The molecule has 0 amide bonds. The fraction of sp³-hybridized carbons (Fsp3) is 0.900. The number of alkyl halides is 14. The van der Waals surface area contributed by atoms with Crippen molar-refractivity contribution in [3.63, 3.8) is 0 Å². The maximum atomic E-state index is 14.0. The average molecular weight is 402 g/mol. The van der Waals surface area contributed by atoms with Crippen LogP contribution >= 0.6 is 0 Å². The molecule has 0 radical (unpaired) electrons. The largest absolute Gasteiger partial charge is 0.340 e. The van der Waals surface area contributed by atoms with Gasteiger partial charge in [-0.05, 0) is 0 Å². The van der Waals surface area contributed by atoms with E-state index < -0.39 is 58.1 Å². The quantitative estimate of drug-likeness (QED) is 0.566. The van der Waals surface area contributed by atoms with Gasteiger partial charge in [0.2, 0.25) is 5.78 Å². The number of carbonyl (C=O) groups is 1. The van der Waals surface area contributed by atoms with E-state index >= 15 is 0 Å². The van der Waals surface area contributed by atoms with Gasteiger partial charge in [-0.1, -0.05) is 0 Å². The number of halogens is 14. The Labute approximate surface area is 125 Å². The van der Waals surface area contributed by atoms with Crippen LogP contribution in [-0.4, -0.2) is 58.1 Å². The summed E-state index contributed by atoms with van der Waals surface area (Å²) in [5.74, 6) is -42.3. The molecule has 0 aromatic heterocycles. The van der Waals surface area contributed by atoms with E-state index in [1.54, 1.807) is 0 Å². The molecule has 0 heterocycles. The van der Waals surface area contributed by atoms with Crippen LogP contribution in [0.1, 0.15) is 0 Å². The molecule has 144 valence electrons. The van der Waals surface area contributed by atoms with Crippen LogP contribution in [0.2, 0.25) is 0 Å². The first-order valence-corrected chi connectivity index (χ1v) is 5.85. The molecule has 4 aliphatic carbocycles. The van der Waals surface area contributed by atoms with Crippen molar-refractivity contribution < 1.29 is 66.3 Å². The summed E-state index contributed by atoms with van der Waals surface area (Å²) < 4.78 is 192. The Morgan fingerprint density at radius 3 is 0.800 bits per heavy atom. The number of carbonyl (C=O) groups excluding carboxylic acids is 1. The predicted molar refractivity (Wildman–Crippen MR) is 45.1 cm³/mol. The van der Waals surface area contributed by atoms with Crippen LogP contribution < -0.4 is 0 Å². The third-order valence-corrected chi connectivity index (χ3v) is 4.95. The van der Waals surface area contributed by atoms with Gasteiger partial charge in [-0.15, -0.1) is 0 Å². The number of rotatable bonds is 0. The molecule has 0 aromatic carbocycles. The van der Waals surface area contributed by atoms with Crippen LogP contribution in [0.15, 0.2) is 0 Å². The van der Waals surface area contributed by atoms with Crippen molar-refractivity contribution in [3.8, 4) is 0 Å². The van der Waals surface area contributed by atoms with Crippen molar-refractivity contribution in [1.82, 2.24) is 0 Å². The Bertz CT molecular complexity index is 618. The molecule has 0 spiro atoms. The molecule has 4 aliphatic rings. The molecule has 0 aromatic rings. The molecular weight excluding hydrogens is 402 g/mol. The van der Waals surface area contributed by atoms with Gasteiger partial charge >= 0.3 is 52.3 Å². The Hall–Kier alpha value is -1.31. The molecule has 0 N–H and O–H groups in total. The van der Waals surface area contributed by atoms with Crippen LogP contribution in [0.5, 0.6) is 0 Å². The lowest BCUT2D eigenvalue weighted by Gasteiger charge is -2.70. The number of hydrogen-bond acceptors (Lipinski definition) is 1. The first-order chi connectivity index (χ1) is 10.7. The zero-order valence-corrected chi connectivity index (χ0v) is 10.7. The maximum Gasteiger partial charge on any atom is 0.340 e. The maximum absolute atomic E-state index is 14.0. The van der Waals surface area contributed by atoms with Crippen molar-refractivity contribution >= 4 is 5.78 Å². The Morgan fingerprint density at radius 2 is 0.600 bits per heavy atom. The van der Waals surface area contributed by atoms with Gasteiger partial charge < -0.3 is 0 Å². The summed E-state index contributed by atoms with van der Waals surface area (Å²) >= 11 is 0. The highest BCUT2D eigenvalue weighted by atomic mass is 19.3. The zero-order valence-electron chi connectivity index (χ0n) is 10.7. The Balaban J connectivity index is 2.67. The van der Waals surface area contributed by atoms with E-state index in [9.17, 15) is 66.3 Å². The van der Waals surface area contributed by atoms with Crippen LogP contribution in [0, 0.1) is 0 Å². The second kappa shape index (κ2) is 3.44. The smallest absolute Gasteiger partial charge is 0.291 e. The molecule has 4 bridgehead atoms. The normalized spacial score (nSPS) is 53.1. The van der Waals surface area contributed by atoms with Gasteiger partial charge in [0.25, 0.3) is 0 Å². The molecule has 0 atom stereocenters. The fourth-order valence-electron chi connectivity index (χ4n) is 3.57. The van der Waals surface area contributed by atoms with E-state index in [1.807, 2.05) is 0 Å². The van der Waals surface area contributed by atoms with Gasteiger partial charge in [-0.2, -0.15) is 43.9 Å². The summed E-state index contributed by atoms with van der Waals surface area (Å²) in [6, 6.07) is 0. The fourth-order valence-corrected chi connectivity index (χ4v) is 3.57. The van der Waals surface area contributed by atoms with Crippen LogP contribution in [-0.2, 0) is 4.79 Å². The lowest BCUT2D eigenvalue weighted by molar-refractivity contribution is -0.543. The average Bonchev–Trinajstić information content (AvgIpc) is 2.45. The van der Waals surface area contributed by atoms with E-state index in [2.05, 4.69) is 0 Å². The van der Waals surface area contributed by atoms with Gasteiger partial charge in [-0.25, -0.2) is 17.6 Å². The minimum atomic E-state index is -7.72. The van der Waals surface area contributed by atoms with Gasteiger partial charge in [0.1, 0.15) is 0 Å². The van der Waals surface area contributed by atoms with E-state index in [0.29, 0.717) is 0 Å². The summed E-state index contributed by atoms with van der Waals surface area (Å²) in [4.78, 5) is 11.1. The third-order valence-electron chi connectivity index (χ3n) is 4.95. The molecule has 0 aliphatic heterocycles. The van der Waals surface area contributed by atoms with Gasteiger partial charge in [0.15, 0.2) is 0 Å². The third kappa shape index (κ3) is 0.958. The molecule has 0 unspecified atom stereocenters. The van der Waals surface area contributed by atoms with E-state index in [-0.39, 0.29) is 0 Å². The second-order valence-electron chi connectivity index (χ2n) is 5.83. The summed E-state index contributed by atoms with van der Waals surface area (Å²) in [6.07, 6.45) is 0. The number of Topliss-reactive ketones (excluding diaryl/α,β-unsaturated/α-hetero) is 1. The highest BCUT2D eigenvalue weighted by molar-refractivity contribution is 6.04. The minimum Gasteiger partial charge on any atom is -0.291 e. The van der Waals surface area contributed by atoms with Gasteiger partial charge in [0.05, 0.1) is 0 Å². The van der Waals surface area contributed by atoms with Crippen LogP contribution in [0.4, 0.5) is 61.5 Å². The van der Waals surface area contributed by atoms with E-state index in [4.69, 9.17) is 0 Å². The van der Waals surface area contributed by atoms with Crippen molar-refractivity contribution in [2.75, 3.05) is 0 Å². The lowest BCUT2D eigenvalue weighted by Crippen LogP contribution is -3.06. The predicted octanol–water partition coefficient (Wildman–Crippen LogP) is 3.61. The zero-order chi connectivity index (χ0) is 20.1. The number of ketones is 1. The molecule has 15 heteroatoms. The molecule has 4 fully saturated rings. The summed E-state index contributed by atoms with van der Waals surface area (Å²) in [5, 5.41) is 0. The molecule has 4 saturated carbocycles. The van der Waals surface area contributed by atoms with Crippen LogP contribution in [0.25, 0.3) is 0 Å². The van der Waals surface area contributed by atoms with Gasteiger partial charge in [-0.3, -0.25) is 4.79 Å². The Kier molecular flexibility index (Phi) is 2.54. The standard InChI is InChI=1S/C10F14O/c11-2-1(25)3(12)8(19,20)4(13,6(2,15)16)10(23,24)5(14,7(2,17)18)9(3,21)22. The Morgan fingerprint density at radius 1 is 0.400 bits per heavy atom.